The van der Waals surface area contributed by atoms with E-state index in [1.54, 1.807) is 24.3 Å². The van der Waals surface area contributed by atoms with Crippen molar-refractivity contribution in [3.05, 3.63) is 94.8 Å². The van der Waals surface area contributed by atoms with E-state index >= 15 is 0 Å². The van der Waals surface area contributed by atoms with Crippen molar-refractivity contribution in [3.8, 4) is 0 Å². The number of halogens is 1. The number of rotatable bonds is 5. The van der Waals surface area contributed by atoms with Gasteiger partial charge >= 0.3 is 0 Å². The summed E-state index contributed by atoms with van der Waals surface area (Å²) in [5.74, 6) is -0.660. The minimum atomic E-state index is -0.365. The van der Waals surface area contributed by atoms with Gasteiger partial charge in [-0.1, -0.05) is 48.0 Å². The monoisotopic (exact) mass is 379 g/mol. The molecule has 6 heteroatoms. The molecule has 1 atom stereocenters. The Kier molecular flexibility index (Phi) is 5.84. The molecule has 136 valence electrons. The second-order valence-corrected chi connectivity index (χ2v) is 6.47. The molecule has 1 heterocycles. The zero-order chi connectivity index (χ0) is 19.2. The van der Waals surface area contributed by atoms with Crippen molar-refractivity contribution in [2.24, 2.45) is 0 Å². The van der Waals surface area contributed by atoms with Gasteiger partial charge in [-0.15, -0.1) is 0 Å². The van der Waals surface area contributed by atoms with Crippen LogP contribution in [0.2, 0.25) is 5.02 Å². The highest BCUT2D eigenvalue weighted by Crippen LogP contribution is 2.16. The van der Waals surface area contributed by atoms with Crippen molar-refractivity contribution in [2.75, 3.05) is 5.32 Å². The number of benzene rings is 2. The third kappa shape index (κ3) is 4.92. The lowest BCUT2D eigenvalue weighted by Gasteiger charge is -2.14. The van der Waals surface area contributed by atoms with Gasteiger partial charge in [-0.05, 0) is 36.8 Å². The fourth-order valence-corrected chi connectivity index (χ4v) is 2.75. The number of anilines is 1. The van der Waals surface area contributed by atoms with E-state index in [1.807, 2.05) is 37.3 Å². The van der Waals surface area contributed by atoms with Crippen LogP contribution in [0.1, 0.15) is 39.2 Å². The first-order chi connectivity index (χ1) is 13.0. The topological polar surface area (TPSA) is 71.1 Å². The smallest absolute Gasteiger partial charge is 0.257 e. The van der Waals surface area contributed by atoms with Crippen LogP contribution >= 0.6 is 11.6 Å². The molecule has 3 aromatic rings. The molecule has 0 saturated heterocycles. The molecule has 0 aliphatic carbocycles. The van der Waals surface area contributed by atoms with Crippen LogP contribution in [0.4, 0.5) is 5.69 Å². The first-order valence-corrected chi connectivity index (χ1v) is 8.78. The Labute approximate surface area is 162 Å². The Balaban J connectivity index is 1.71. The lowest BCUT2D eigenvalue weighted by molar-refractivity contribution is 0.0939. The summed E-state index contributed by atoms with van der Waals surface area (Å²) in [5.41, 5.74) is 2.17. The van der Waals surface area contributed by atoms with Crippen LogP contribution in [0.15, 0.2) is 73.1 Å². The molecule has 3 rings (SSSR count). The predicted octanol–water partition coefficient (Wildman–Crippen LogP) is 4.48. The Morgan fingerprint density at radius 2 is 1.63 bits per heavy atom. The number of aromatic nitrogens is 1. The highest BCUT2D eigenvalue weighted by molar-refractivity contribution is 6.31. The Morgan fingerprint density at radius 1 is 0.926 bits per heavy atom. The summed E-state index contributed by atoms with van der Waals surface area (Å²) in [4.78, 5) is 28.9. The van der Waals surface area contributed by atoms with Crippen molar-refractivity contribution in [2.45, 2.75) is 13.0 Å². The molecule has 0 fully saturated rings. The molecule has 0 aliphatic heterocycles. The Hall–Kier alpha value is -3.18. The van der Waals surface area contributed by atoms with Gasteiger partial charge in [0.05, 0.1) is 17.2 Å². The van der Waals surface area contributed by atoms with Crippen LogP contribution in [0.25, 0.3) is 0 Å². The largest absolute Gasteiger partial charge is 0.345 e. The predicted molar refractivity (Wildman–Crippen MR) is 106 cm³/mol. The SMILES string of the molecule is CC(NC(=O)c1cncc(C(=O)Nc2cccc(Cl)c2)c1)c1ccccc1. The lowest BCUT2D eigenvalue weighted by Crippen LogP contribution is -2.27. The molecule has 0 saturated carbocycles. The molecule has 0 bridgehead atoms. The maximum Gasteiger partial charge on any atom is 0.257 e. The molecule has 1 aromatic heterocycles. The molecule has 2 amide bonds. The third-order valence-corrected chi connectivity index (χ3v) is 4.23. The molecule has 0 aliphatic rings. The molecule has 0 radical (unpaired) electrons. The van der Waals surface area contributed by atoms with Crippen LogP contribution < -0.4 is 10.6 Å². The molecular formula is C21H18ClN3O2. The molecule has 5 nitrogen and oxygen atoms in total. The highest BCUT2D eigenvalue weighted by atomic mass is 35.5. The van der Waals surface area contributed by atoms with Gasteiger partial charge in [-0.25, -0.2) is 0 Å². The molecule has 1 unspecified atom stereocenters. The third-order valence-electron chi connectivity index (χ3n) is 3.99. The summed E-state index contributed by atoms with van der Waals surface area (Å²) >= 11 is 5.92. The van der Waals surface area contributed by atoms with Gasteiger partial charge in [0.25, 0.3) is 11.8 Å². The number of carbonyl (C=O) groups excluding carboxylic acids is 2. The Morgan fingerprint density at radius 3 is 2.33 bits per heavy atom. The van der Waals surface area contributed by atoms with Gasteiger partial charge in [0.1, 0.15) is 0 Å². The summed E-state index contributed by atoms with van der Waals surface area (Å²) < 4.78 is 0. The maximum absolute atomic E-state index is 12.5. The summed E-state index contributed by atoms with van der Waals surface area (Å²) in [6.45, 7) is 1.90. The fourth-order valence-electron chi connectivity index (χ4n) is 2.56. The van der Waals surface area contributed by atoms with Crippen molar-refractivity contribution < 1.29 is 9.59 Å². The summed E-state index contributed by atoms with van der Waals surface area (Å²) in [5, 5.41) is 6.17. The number of nitrogens with one attached hydrogen (secondary N) is 2. The van der Waals surface area contributed by atoms with Gasteiger partial charge in [0, 0.05) is 23.1 Å². The second kappa shape index (κ2) is 8.47. The van der Waals surface area contributed by atoms with Crippen molar-refractivity contribution in [1.29, 1.82) is 0 Å². The lowest BCUT2D eigenvalue weighted by atomic mass is 10.1. The quantitative estimate of drug-likeness (QED) is 0.686. The zero-order valence-electron chi connectivity index (χ0n) is 14.6. The van der Waals surface area contributed by atoms with Gasteiger partial charge in [0.2, 0.25) is 0 Å². The summed E-state index contributed by atoms with van der Waals surface area (Å²) in [6.07, 6.45) is 2.85. The van der Waals surface area contributed by atoms with Crippen molar-refractivity contribution in [3.63, 3.8) is 0 Å². The molecular weight excluding hydrogens is 362 g/mol. The Bertz CT molecular complexity index is 960. The normalized spacial score (nSPS) is 11.5. The molecule has 0 spiro atoms. The first kappa shape index (κ1) is 18.6. The minimum absolute atomic E-state index is 0.164. The van der Waals surface area contributed by atoms with E-state index in [4.69, 9.17) is 11.6 Å². The molecule has 2 aromatic carbocycles. The second-order valence-electron chi connectivity index (χ2n) is 6.03. The number of amides is 2. The summed E-state index contributed by atoms with van der Waals surface area (Å²) in [6, 6.07) is 17.8. The van der Waals surface area contributed by atoms with Gasteiger partial charge in [-0.3, -0.25) is 14.6 Å². The number of pyridine rings is 1. The molecule has 27 heavy (non-hydrogen) atoms. The average molecular weight is 380 g/mol. The highest BCUT2D eigenvalue weighted by Gasteiger charge is 2.14. The van der Waals surface area contributed by atoms with Crippen LogP contribution in [0.3, 0.4) is 0 Å². The fraction of sp³-hybridized carbons (Fsp3) is 0.0952. The maximum atomic E-state index is 12.5. The van der Waals surface area contributed by atoms with E-state index < -0.39 is 0 Å². The van der Waals surface area contributed by atoms with Crippen molar-refractivity contribution in [1.82, 2.24) is 10.3 Å². The standard InChI is InChI=1S/C21H18ClN3O2/c1-14(15-6-3-2-4-7-15)24-20(26)16-10-17(13-23-12-16)21(27)25-19-9-5-8-18(22)11-19/h2-14H,1H3,(H,24,26)(H,25,27). The van der Waals surface area contributed by atoms with Gasteiger partial charge < -0.3 is 10.6 Å². The van der Waals surface area contributed by atoms with E-state index in [1.165, 1.54) is 18.5 Å². The van der Waals surface area contributed by atoms with E-state index in [0.717, 1.165) is 5.56 Å². The van der Waals surface area contributed by atoms with E-state index in [2.05, 4.69) is 15.6 Å². The van der Waals surface area contributed by atoms with E-state index in [0.29, 0.717) is 16.3 Å². The van der Waals surface area contributed by atoms with Crippen LogP contribution in [0, 0.1) is 0 Å². The minimum Gasteiger partial charge on any atom is -0.345 e. The zero-order valence-corrected chi connectivity index (χ0v) is 15.4. The molecule has 2 N–H and O–H groups in total. The van der Waals surface area contributed by atoms with Gasteiger partial charge in [-0.2, -0.15) is 0 Å². The van der Waals surface area contributed by atoms with E-state index in [-0.39, 0.29) is 23.4 Å². The van der Waals surface area contributed by atoms with Crippen LogP contribution in [0.5, 0.6) is 0 Å². The number of hydrogen-bond donors (Lipinski definition) is 2. The average Bonchev–Trinajstić information content (AvgIpc) is 2.68. The van der Waals surface area contributed by atoms with Crippen LogP contribution in [-0.2, 0) is 0 Å². The number of carbonyl (C=O) groups is 2. The van der Waals surface area contributed by atoms with Crippen LogP contribution in [-0.4, -0.2) is 16.8 Å². The number of hydrogen-bond acceptors (Lipinski definition) is 3. The first-order valence-electron chi connectivity index (χ1n) is 8.41. The number of nitrogens with zero attached hydrogens (tertiary/aromatic N) is 1. The van der Waals surface area contributed by atoms with E-state index in [9.17, 15) is 9.59 Å². The van der Waals surface area contributed by atoms with Crippen molar-refractivity contribution >= 4 is 29.1 Å². The van der Waals surface area contributed by atoms with Gasteiger partial charge in [0.15, 0.2) is 0 Å². The summed E-state index contributed by atoms with van der Waals surface area (Å²) in [7, 11) is 0.